The lowest BCUT2D eigenvalue weighted by atomic mass is 9.52. The van der Waals surface area contributed by atoms with Crippen molar-refractivity contribution in [2.75, 3.05) is 0 Å². The minimum absolute atomic E-state index is 0.835. The van der Waals surface area contributed by atoms with E-state index in [-0.39, 0.29) is 0 Å². The minimum Gasteiger partial charge on any atom is -0.0625 e. The second-order valence-electron chi connectivity index (χ2n) is 7.10. The average molecular weight is 220 g/mol. The molecule has 3 fully saturated rings. The first-order valence-corrected chi connectivity index (χ1v) is 7.80. The molecule has 0 nitrogen and oxygen atoms in total. The molecule has 3 atom stereocenters. The molecule has 3 rings (SSSR count). The van der Waals surface area contributed by atoms with Crippen LogP contribution < -0.4 is 0 Å². The predicted molar refractivity (Wildman–Crippen MR) is 69.4 cm³/mol. The summed E-state index contributed by atoms with van der Waals surface area (Å²) in [4.78, 5) is 0. The summed E-state index contributed by atoms with van der Waals surface area (Å²) in [6.07, 6.45) is 17.1. The number of rotatable bonds is 0. The molecule has 16 heavy (non-hydrogen) atoms. The van der Waals surface area contributed by atoms with Crippen LogP contribution in [0.1, 0.15) is 77.6 Å². The third-order valence-electron chi connectivity index (χ3n) is 6.13. The van der Waals surface area contributed by atoms with E-state index in [1.165, 1.54) is 12.8 Å². The third kappa shape index (κ3) is 1.83. The first kappa shape index (κ1) is 11.1. The first-order chi connectivity index (χ1) is 7.80. The maximum Gasteiger partial charge on any atom is -0.0267 e. The standard InChI is InChI=1S/C16H28/c1-13-7-8-15-14(12-13)6-5-11-16(15)9-3-2-4-10-16/h13-15H,2-12H2,1H3/t13-,14-,15+/m1/s1. The number of hydrogen-bond donors (Lipinski definition) is 0. The van der Waals surface area contributed by atoms with Crippen LogP contribution in [0.3, 0.4) is 0 Å². The highest BCUT2D eigenvalue weighted by Gasteiger charge is 2.46. The molecule has 0 unspecified atom stereocenters. The molecule has 92 valence electrons. The zero-order valence-corrected chi connectivity index (χ0v) is 11.0. The van der Waals surface area contributed by atoms with Gasteiger partial charge in [-0.2, -0.15) is 0 Å². The van der Waals surface area contributed by atoms with Crippen LogP contribution in [-0.4, -0.2) is 0 Å². The van der Waals surface area contributed by atoms with E-state index in [2.05, 4.69) is 6.92 Å². The van der Waals surface area contributed by atoms with Crippen LogP contribution in [0, 0.1) is 23.2 Å². The van der Waals surface area contributed by atoms with Crippen molar-refractivity contribution < 1.29 is 0 Å². The van der Waals surface area contributed by atoms with Crippen molar-refractivity contribution in [1.29, 1.82) is 0 Å². The summed E-state index contributed by atoms with van der Waals surface area (Å²) in [5.41, 5.74) is 0.835. The summed E-state index contributed by atoms with van der Waals surface area (Å²) in [5, 5.41) is 0. The molecule has 0 heteroatoms. The highest BCUT2D eigenvalue weighted by Crippen LogP contribution is 2.57. The van der Waals surface area contributed by atoms with Gasteiger partial charge in [0.2, 0.25) is 0 Å². The van der Waals surface area contributed by atoms with E-state index >= 15 is 0 Å². The Labute approximate surface area is 101 Å². The maximum atomic E-state index is 2.48. The average Bonchev–Trinajstić information content (AvgIpc) is 2.30. The Balaban J connectivity index is 1.78. The lowest BCUT2D eigenvalue weighted by molar-refractivity contribution is -0.0279. The van der Waals surface area contributed by atoms with Crippen LogP contribution in [-0.2, 0) is 0 Å². The summed E-state index contributed by atoms with van der Waals surface area (Å²) < 4.78 is 0. The predicted octanol–water partition coefficient (Wildman–Crippen LogP) is 5.17. The lowest BCUT2D eigenvalue weighted by Crippen LogP contribution is -2.43. The van der Waals surface area contributed by atoms with E-state index in [0.717, 1.165) is 23.2 Å². The van der Waals surface area contributed by atoms with Gasteiger partial charge in [-0.05, 0) is 55.3 Å². The Hall–Kier alpha value is 0. The minimum atomic E-state index is 0.835. The molecule has 0 bridgehead atoms. The van der Waals surface area contributed by atoms with Crippen molar-refractivity contribution in [1.82, 2.24) is 0 Å². The van der Waals surface area contributed by atoms with Crippen molar-refractivity contribution in [2.24, 2.45) is 23.2 Å². The lowest BCUT2D eigenvalue weighted by Gasteiger charge is -2.53. The summed E-state index contributed by atoms with van der Waals surface area (Å²) in [6, 6.07) is 0. The monoisotopic (exact) mass is 220 g/mol. The number of hydrogen-bond acceptors (Lipinski definition) is 0. The topological polar surface area (TPSA) is 0 Å². The molecule has 0 aliphatic heterocycles. The Bertz CT molecular complexity index is 231. The Morgan fingerprint density at radius 3 is 2.38 bits per heavy atom. The first-order valence-electron chi connectivity index (χ1n) is 7.80. The fourth-order valence-electron chi connectivity index (χ4n) is 5.40. The van der Waals surface area contributed by atoms with Gasteiger partial charge in [-0.25, -0.2) is 0 Å². The molecule has 3 aliphatic rings. The van der Waals surface area contributed by atoms with Crippen LogP contribution in [0.25, 0.3) is 0 Å². The van der Waals surface area contributed by atoms with E-state index in [1.807, 2.05) is 0 Å². The second-order valence-corrected chi connectivity index (χ2v) is 7.10. The van der Waals surface area contributed by atoms with Gasteiger partial charge >= 0.3 is 0 Å². The molecule has 3 aliphatic carbocycles. The van der Waals surface area contributed by atoms with Crippen molar-refractivity contribution >= 4 is 0 Å². The van der Waals surface area contributed by atoms with Gasteiger partial charge < -0.3 is 0 Å². The smallest absolute Gasteiger partial charge is 0.0267 e. The molecular weight excluding hydrogens is 192 g/mol. The van der Waals surface area contributed by atoms with Gasteiger partial charge in [0.15, 0.2) is 0 Å². The van der Waals surface area contributed by atoms with Crippen molar-refractivity contribution in [2.45, 2.75) is 77.6 Å². The van der Waals surface area contributed by atoms with Gasteiger partial charge in [0.1, 0.15) is 0 Å². The molecule has 3 saturated carbocycles. The van der Waals surface area contributed by atoms with E-state index in [4.69, 9.17) is 0 Å². The molecule has 0 N–H and O–H groups in total. The number of fused-ring (bicyclic) bond motifs is 2. The van der Waals surface area contributed by atoms with Crippen LogP contribution in [0.5, 0.6) is 0 Å². The quantitative estimate of drug-likeness (QED) is 0.528. The fraction of sp³-hybridized carbons (Fsp3) is 1.00. The SMILES string of the molecule is C[C@@H]1CC[C@H]2[C@H](CCCC23CCCCC3)C1. The molecule has 0 radical (unpaired) electrons. The van der Waals surface area contributed by atoms with E-state index in [9.17, 15) is 0 Å². The summed E-state index contributed by atoms with van der Waals surface area (Å²) in [5.74, 6) is 3.29. The summed E-state index contributed by atoms with van der Waals surface area (Å²) >= 11 is 0. The second kappa shape index (κ2) is 4.35. The van der Waals surface area contributed by atoms with Crippen molar-refractivity contribution in [3.63, 3.8) is 0 Å². The largest absolute Gasteiger partial charge is 0.0625 e. The van der Waals surface area contributed by atoms with Gasteiger partial charge in [0, 0.05) is 0 Å². The summed E-state index contributed by atoms with van der Waals surface area (Å²) in [6.45, 7) is 2.48. The van der Waals surface area contributed by atoms with Gasteiger partial charge in [0.25, 0.3) is 0 Å². The highest BCUT2D eigenvalue weighted by atomic mass is 14.5. The van der Waals surface area contributed by atoms with Gasteiger partial charge in [0.05, 0.1) is 0 Å². The molecule has 0 aromatic heterocycles. The molecular formula is C16H28. The third-order valence-corrected chi connectivity index (χ3v) is 6.13. The van der Waals surface area contributed by atoms with E-state index in [0.29, 0.717) is 0 Å². The van der Waals surface area contributed by atoms with Crippen molar-refractivity contribution in [3.05, 3.63) is 0 Å². The van der Waals surface area contributed by atoms with Crippen LogP contribution in [0.15, 0.2) is 0 Å². The van der Waals surface area contributed by atoms with Gasteiger partial charge in [-0.15, -0.1) is 0 Å². The Morgan fingerprint density at radius 2 is 1.56 bits per heavy atom. The van der Waals surface area contributed by atoms with Crippen molar-refractivity contribution in [3.8, 4) is 0 Å². The Morgan fingerprint density at radius 1 is 0.812 bits per heavy atom. The molecule has 1 spiro atoms. The van der Waals surface area contributed by atoms with Crippen LogP contribution in [0.4, 0.5) is 0 Å². The molecule has 0 aromatic carbocycles. The van der Waals surface area contributed by atoms with E-state index in [1.54, 1.807) is 57.8 Å². The Kier molecular flexibility index (Phi) is 3.02. The molecule has 0 heterocycles. The van der Waals surface area contributed by atoms with Gasteiger partial charge in [-0.3, -0.25) is 0 Å². The molecule has 0 saturated heterocycles. The normalized spacial score (nSPS) is 42.9. The highest BCUT2D eigenvalue weighted by molar-refractivity contribution is 4.97. The zero-order valence-electron chi connectivity index (χ0n) is 11.0. The van der Waals surface area contributed by atoms with Crippen LogP contribution >= 0.6 is 0 Å². The summed E-state index contributed by atoms with van der Waals surface area (Å²) in [7, 11) is 0. The molecule has 0 amide bonds. The van der Waals surface area contributed by atoms with Gasteiger partial charge in [-0.1, -0.05) is 45.4 Å². The van der Waals surface area contributed by atoms with Crippen LogP contribution in [0.2, 0.25) is 0 Å². The fourth-order valence-corrected chi connectivity index (χ4v) is 5.40. The zero-order chi connectivity index (χ0) is 11.0. The van der Waals surface area contributed by atoms with E-state index < -0.39 is 0 Å². The maximum absolute atomic E-state index is 2.48. The molecule has 0 aromatic rings.